The van der Waals surface area contributed by atoms with Gasteiger partial charge in [0.2, 0.25) is 0 Å². The van der Waals surface area contributed by atoms with Crippen molar-refractivity contribution < 1.29 is 0 Å². The zero-order valence-electron chi connectivity index (χ0n) is 11.5. The molecular weight excluding hydrogens is 274 g/mol. The predicted molar refractivity (Wildman–Crippen MR) is 88.2 cm³/mol. The minimum Gasteiger partial charge on any atom is -0.389 e. The zero-order chi connectivity index (χ0) is 13.8. The second-order valence-electron chi connectivity index (χ2n) is 5.01. The van der Waals surface area contributed by atoms with Crippen LogP contribution in [0.3, 0.4) is 0 Å². The minimum atomic E-state index is 0.420. The summed E-state index contributed by atoms with van der Waals surface area (Å²) in [6.07, 6.45) is 3.99. The van der Waals surface area contributed by atoms with Crippen LogP contribution >= 0.6 is 24.0 Å². The molecule has 1 fully saturated rings. The normalized spacial score (nSPS) is 19.2. The molecule has 0 radical (unpaired) electrons. The molecule has 1 aliphatic heterocycles. The van der Waals surface area contributed by atoms with Gasteiger partial charge in [-0.3, -0.25) is 4.98 Å². The lowest BCUT2D eigenvalue weighted by Crippen LogP contribution is -2.23. The summed E-state index contributed by atoms with van der Waals surface area (Å²) in [6, 6.07) is 2.04. The number of nitrogens with one attached hydrogen (secondary N) is 1. The Labute approximate surface area is 124 Å². The van der Waals surface area contributed by atoms with Crippen molar-refractivity contribution in [3.05, 3.63) is 23.0 Å². The van der Waals surface area contributed by atoms with Crippen molar-refractivity contribution in [3.63, 3.8) is 0 Å². The lowest BCUT2D eigenvalue weighted by Gasteiger charge is -2.23. The standard InChI is InChI=1S/C14H21N3S2/c1-9-7-12(13(14(15)18)10(2)17-9)16-8-11-5-3-4-6-19-11/h7,11H,3-6,8H2,1-2H3,(H2,15,18)(H,16,17). The Kier molecular flexibility index (Phi) is 5.05. The summed E-state index contributed by atoms with van der Waals surface area (Å²) in [6.45, 7) is 4.93. The van der Waals surface area contributed by atoms with Gasteiger partial charge in [0.15, 0.2) is 0 Å². The predicted octanol–water partition coefficient (Wildman–Crippen LogP) is 3.03. The number of nitrogens with two attached hydrogens (primary N) is 1. The third kappa shape index (κ3) is 3.83. The number of rotatable bonds is 4. The molecule has 2 rings (SSSR count). The van der Waals surface area contributed by atoms with Crippen LogP contribution in [0.15, 0.2) is 6.07 Å². The molecule has 1 aromatic heterocycles. The summed E-state index contributed by atoms with van der Waals surface area (Å²) in [4.78, 5) is 4.86. The highest BCUT2D eigenvalue weighted by Crippen LogP contribution is 2.26. The smallest absolute Gasteiger partial charge is 0.107 e. The van der Waals surface area contributed by atoms with E-state index in [1.54, 1.807) is 0 Å². The van der Waals surface area contributed by atoms with E-state index in [1.807, 2.05) is 19.9 Å². The Balaban J connectivity index is 2.12. The van der Waals surface area contributed by atoms with E-state index < -0.39 is 0 Å². The maximum Gasteiger partial charge on any atom is 0.107 e. The summed E-state index contributed by atoms with van der Waals surface area (Å²) in [5.74, 6) is 1.28. The van der Waals surface area contributed by atoms with E-state index in [1.165, 1.54) is 25.0 Å². The summed E-state index contributed by atoms with van der Waals surface area (Å²) >= 11 is 7.21. The molecule has 2 heterocycles. The molecule has 3 nitrogen and oxygen atoms in total. The number of thioether (sulfide) groups is 1. The molecule has 0 amide bonds. The van der Waals surface area contributed by atoms with Crippen molar-refractivity contribution >= 4 is 34.7 Å². The van der Waals surface area contributed by atoms with Gasteiger partial charge in [0, 0.05) is 28.9 Å². The maximum absolute atomic E-state index is 5.82. The van der Waals surface area contributed by atoms with Crippen LogP contribution in [0.1, 0.15) is 36.2 Å². The molecule has 1 saturated heterocycles. The fraction of sp³-hybridized carbons (Fsp3) is 0.571. The molecule has 1 unspecified atom stereocenters. The average molecular weight is 295 g/mol. The number of thiocarbonyl (C=S) groups is 1. The molecule has 1 aromatic rings. The highest BCUT2D eigenvalue weighted by Gasteiger charge is 2.16. The molecule has 19 heavy (non-hydrogen) atoms. The molecule has 3 N–H and O–H groups in total. The van der Waals surface area contributed by atoms with E-state index in [0.717, 1.165) is 29.2 Å². The van der Waals surface area contributed by atoms with E-state index in [-0.39, 0.29) is 0 Å². The third-order valence-corrected chi connectivity index (χ3v) is 4.97. The molecule has 0 bridgehead atoms. The highest BCUT2D eigenvalue weighted by molar-refractivity contribution is 7.99. The molecule has 1 atom stereocenters. The lowest BCUT2D eigenvalue weighted by molar-refractivity contribution is 0.677. The Morgan fingerprint density at radius 1 is 1.53 bits per heavy atom. The topological polar surface area (TPSA) is 50.9 Å². The van der Waals surface area contributed by atoms with Crippen LogP contribution in [0.25, 0.3) is 0 Å². The van der Waals surface area contributed by atoms with Gasteiger partial charge in [0.05, 0.1) is 5.56 Å². The summed E-state index contributed by atoms with van der Waals surface area (Å²) < 4.78 is 0. The molecular formula is C14H21N3S2. The Morgan fingerprint density at radius 2 is 2.32 bits per heavy atom. The molecule has 5 heteroatoms. The minimum absolute atomic E-state index is 0.420. The molecule has 104 valence electrons. The van der Waals surface area contributed by atoms with Crippen LogP contribution in [0.5, 0.6) is 0 Å². The van der Waals surface area contributed by atoms with Gasteiger partial charge in [-0.15, -0.1) is 0 Å². The second kappa shape index (κ2) is 6.57. The van der Waals surface area contributed by atoms with Crippen LogP contribution in [0, 0.1) is 13.8 Å². The second-order valence-corrected chi connectivity index (χ2v) is 6.85. The van der Waals surface area contributed by atoms with Gasteiger partial charge in [0.1, 0.15) is 4.99 Å². The highest BCUT2D eigenvalue weighted by atomic mass is 32.2. The number of aryl methyl sites for hydroxylation is 2. The first-order valence-electron chi connectivity index (χ1n) is 6.71. The number of nitrogens with zero attached hydrogens (tertiary/aromatic N) is 1. The van der Waals surface area contributed by atoms with E-state index in [2.05, 4.69) is 22.1 Å². The molecule has 0 aliphatic carbocycles. The monoisotopic (exact) mass is 295 g/mol. The van der Waals surface area contributed by atoms with E-state index >= 15 is 0 Å². The van der Waals surface area contributed by atoms with Crippen molar-refractivity contribution in [2.45, 2.75) is 38.4 Å². The van der Waals surface area contributed by atoms with Gasteiger partial charge in [-0.2, -0.15) is 11.8 Å². The average Bonchev–Trinajstić information content (AvgIpc) is 2.36. The first kappa shape index (κ1) is 14.6. The van der Waals surface area contributed by atoms with Crippen molar-refractivity contribution in [2.75, 3.05) is 17.6 Å². The molecule has 0 aromatic carbocycles. The first-order valence-corrected chi connectivity index (χ1v) is 8.17. The van der Waals surface area contributed by atoms with Gasteiger partial charge in [-0.25, -0.2) is 0 Å². The fourth-order valence-corrected chi connectivity index (χ4v) is 3.97. The molecule has 0 saturated carbocycles. The fourth-order valence-electron chi connectivity index (χ4n) is 2.47. The van der Waals surface area contributed by atoms with E-state index in [9.17, 15) is 0 Å². The van der Waals surface area contributed by atoms with Crippen molar-refractivity contribution in [2.24, 2.45) is 5.73 Å². The largest absolute Gasteiger partial charge is 0.389 e. The number of anilines is 1. The third-order valence-electron chi connectivity index (χ3n) is 3.37. The Bertz CT molecular complexity index is 468. The molecule has 1 aliphatic rings. The summed E-state index contributed by atoms with van der Waals surface area (Å²) in [5.41, 5.74) is 9.65. The van der Waals surface area contributed by atoms with Gasteiger partial charge in [-0.05, 0) is 38.5 Å². The quantitative estimate of drug-likeness (QED) is 0.836. The Hall–Kier alpha value is -0.810. The lowest BCUT2D eigenvalue weighted by atomic mass is 10.1. The summed E-state index contributed by atoms with van der Waals surface area (Å²) in [5, 5.41) is 4.21. The van der Waals surface area contributed by atoms with Crippen molar-refractivity contribution in [1.29, 1.82) is 0 Å². The van der Waals surface area contributed by atoms with Crippen LogP contribution in [-0.4, -0.2) is 27.5 Å². The van der Waals surface area contributed by atoms with Crippen molar-refractivity contribution in [1.82, 2.24) is 4.98 Å². The maximum atomic E-state index is 5.82. The van der Waals surface area contributed by atoms with Gasteiger partial charge >= 0.3 is 0 Å². The van der Waals surface area contributed by atoms with Crippen LogP contribution in [0.4, 0.5) is 5.69 Å². The SMILES string of the molecule is Cc1cc(NCC2CCCCS2)c(C(N)=S)c(C)n1. The number of aromatic nitrogens is 1. The number of hydrogen-bond acceptors (Lipinski definition) is 4. The van der Waals surface area contributed by atoms with Crippen molar-refractivity contribution in [3.8, 4) is 0 Å². The Morgan fingerprint density at radius 3 is 2.95 bits per heavy atom. The van der Waals surface area contributed by atoms with Gasteiger partial charge < -0.3 is 11.1 Å². The van der Waals surface area contributed by atoms with E-state index in [0.29, 0.717) is 10.2 Å². The summed E-state index contributed by atoms with van der Waals surface area (Å²) in [7, 11) is 0. The number of hydrogen-bond donors (Lipinski definition) is 2. The van der Waals surface area contributed by atoms with Crippen LogP contribution in [0.2, 0.25) is 0 Å². The van der Waals surface area contributed by atoms with Gasteiger partial charge in [0.25, 0.3) is 0 Å². The van der Waals surface area contributed by atoms with Gasteiger partial charge in [-0.1, -0.05) is 18.6 Å². The van der Waals surface area contributed by atoms with Crippen LogP contribution < -0.4 is 11.1 Å². The van der Waals surface area contributed by atoms with E-state index in [4.69, 9.17) is 18.0 Å². The number of pyridine rings is 1. The zero-order valence-corrected chi connectivity index (χ0v) is 13.2. The van der Waals surface area contributed by atoms with Crippen LogP contribution in [-0.2, 0) is 0 Å². The first-order chi connectivity index (χ1) is 9.08. The molecule has 0 spiro atoms.